The van der Waals surface area contributed by atoms with Crippen LogP contribution in [0.15, 0.2) is 78.9 Å². The van der Waals surface area contributed by atoms with E-state index in [1.807, 2.05) is 6.07 Å². The van der Waals surface area contributed by atoms with Crippen LogP contribution in [0.2, 0.25) is 0 Å². The van der Waals surface area contributed by atoms with Crippen LogP contribution < -0.4 is 11.1 Å². The number of carbonyl (C=O) groups is 1. The van der Waals surface area contributed by atoms with E-state index in [0.29, 0.717) is 5.92 Å². The number of hydrogen-bond donors (Lipinski definition) is 2. The summed E-state index contributed by atoms with van der Waals surface area (Å²) in [6.45, 7) is 0.780. The molecule has 1 aliphatic rings. The fourth-order valence-electron chi connectivity index (χ4n) is 3.38. The zero-order valence-corrected chi connectivity index (χ0v) is 14.6. The second kappa shape index (κ2) is 7.04. The maximum Gasteiger partial charge on any atom is 0.221 e. The second-order valence-corrected chi connectivity index (χ2v) is 6.89. The molecule has 4 rings (SSSR count). The number of rotatable bonds is 6. The minimum absolute atomic E-state index is 0.0249. The largest absolute Gasteiger partial charge is 0.381 e. The van der Waals surface area contributed by atoms with E-state index >= 15 is 0 Å². The summed E-state index contributed by atoms with van der Waals surface area (Å²) in [5.41, 5.74) is 11.3. The van der Waals surface area contributed by atoms with Crippen molar-refractivity contribution in [3.05, 3.63) is 90.0 Å². The molecule has 1 aliphatic carbocycles. The number of nitrogens with two attached hydrogens (primary N) is 1. The van der Waals surface area contributed by atoms with Gasteiger partial charge in [0.2, 0.25) is 5.91 Å². The van der Waals surface area contributed by atoms with Crippen molar-refractivity contribution >= 4 is 11.6 Å². The molecule has 1 amide bonds. The lowest BCUT2D eigenvalue weighted by Crippen LogP contribution is -2.13. The van der Waals surface area contributed by atoms with E-state index in [4.69, 9.17) is 5.73 Å². The Bertz CT molecular complexity index is 886. The average Bonchev–Trinajstić information content (AvgIpc) is 3.49. The molecule has 3 aromatic rings. The molecule has 0 spiro atoms. The summed E-state index contributed by atoms with van der Waals surface area (Å²) in [5.74, 6) is 0.153. The molecule has 0 aliphatic heterocycles. The van der Waals surface area contributed by atoms with Crippen molar-refractivity contribution in [1.82, 2.24) is 0 Å². The summed E-state index contributed by atoms with van der Waals surface area (Å²) < 4.78 is 0. The molecule has 1 saturated carbocycles. The lowest BCUT2D eigenvalue weighted by Gasteiger charge is -2.09. The number of amides is 1. The number of anilines is 1. The van der Waals surface area contributed by atoms with Crippen LogP contribution in [0.3, 0.4) is 0 Å². The van der Waals surface area contributed by atoms with Crippen LogP contribution in [-0.2, 0) is 11.3 Å². The SMILES string of the molecule is NC(=O)[C@@H]1C[C@H]1c1ccc(NCc2ccc(-c3ccccc3)cc2)cc1. The van der Waals surface area contributed by atoms with Crippen LogP contribution in [0, 0.1) is 5.92 Å². The normalized spacial score (nSPS) is 18.3. The molecule has 0 aromatic heterocycles. The third-order valence-corrected chi connectivity index (χ3v) is 5.05. The van der Waals surface area contributed by atoms with E-state index < -0.39 is 0 Å². The second-order valence-electron chi connectivity index (χ2n) is 6.89. The highest BCUT2D eigenvalue weighted by Gasteiger charge is 2.42. The van der Waals surface area contributed by atoms with E-state index in [1.54, 1.807) is 0 Å². The van der Waals surface area contributed by atoms with Crippen molar-refractivity contribution in [3.8, 4) is 11.1 Å². The van der Waals surface area contributed by atoms with E-state index in [0.717, 1.165) is 18.7 Å². The predicted molar refractivity (Wildman–Crippen MR) is 106 cm³/mol. The van der Waals surface area contributed by atoms with Gasteiger partial charge in [-0.15, -0.1) is 0 Å². The maximum absolute atomic E-state index is 11.2. The lowest BCUT2D eigenvalue weighted by molar-refractivity contribution is -0.119. The molecule has 26 heavy (non-hydrogen) atoms. The van der Waals surface area contributed by atoms with Gasteiger partial charge in [-0.05, 0) is 46.7 Å². The lowest BCUT2D eigenvalue weighted by atomic mass is 10.0. The van der Waals surface area contributed by atoms with Crippen LogP contribution in [0.1, 0.15) is 23.5 Å². The Morgan fingerprint density at radius 1 is 0.885 bits per heavy atom. The van der Waals surface area contributed by atoms with Crippen molar-refractivity contribution < 1.29 is 4.79 Å². The first kappa shape index (κ1) is 16.4. The molecule has 0 heterocycles. The Hall–Kier alpha value is -3.07. The molecule has 2 atom stereocenters. The quantitative estimate of drug-likeness (QED) is 0.690. The molecular weight excluding hydrogens is 320 g/mol. The molecular formula is C23H22N2O. The van der Waals surface area contributed by atoms with Crippen LogP contribution in [-0.4, -0.2) is 5.91 Å². The zero-order valence-electron chi connectivity index (χ0n) is 14.6. The third kappa shape index (κ3) is 3.62. The summed E-state index contributed by atoms with van der Waals surface area (Å²) in [6.07, 6.45) is 0.885. The van der Waals surface area contributed by atoms with Crippen molar-refractivity contribution in [1.29, 1.82) is 0 Å². The van der Waals surface area contributed by atoms with Gasteiger partial charge in [0.1, 0.15) is 0 Å². The molecule has 0 unspecified atom stereocenters. The van der Waals surface area contributed by atoms with Crippen molar-refractivity contribution in [2.45, 2.75) is 18.9 Å². The van der Waals surface area contributed by atoms with Crippen LogP contribution >= 0.6 is 0 Å². The fraction of sp³-hybridized carbons (Fsp3) is 0.174. The standard InChI is InChI=1S/C23H22N2O/c24-23(26)22-14-21(22)19-10-12-20(13-11-19)25-15-16-6-8-18(9-7-16)17-4-2-1-3-5-17/h1-13,21-22,25H,14-15H2,(H2,24,26)/t21-,22+/m0/s1. The fourth-order valence-corrected chi connectivity index (χ4v) is 3.38. The molecule has 130 valence electrons. The van der Waals surface area contributed by atoms with Gasteiger partial charge in [-0.1, -0.05) is 66.7 Å². The first-order chi connectivity index (χ1) is 12.7. The summed E-state index contributed by atoms with van der Waals surface area (Å²) >= 11 is 0. The summed E-state index contributed by atoms with van der Waals surface area (Å²) in [6, 6.07) is 27.4. The number of hydrogen-bond acceptors (Lipinski definition) is 2. The van der Waals surface area contributed by atoms with E-state index in [-0.39, 0.29) is 11.8 Å². The Balaban J connectivity index is 1.35. The summed E-state index contributed by atoms with van der Waals surface area (Å²) in [4.78, 5) is 11.2. The summed E-state index contributed by atoms with van der Waals surface area (Å²) in [7, 11) is 0. The molecule has 3 nitrogen and oxygen atoms in total. The zero-order chi connectivity index (χ0) is 17.9. The Kier molecular flexibility index (Phi) is 4.44. The van der Waals surface area contributed by atoms with Gasteiger partial charge in [0.15, 0.2) is 0 Å². The molecule has 0 bridgehead atoms. The Labute approximate surface area is 153 Å². The van der Waals surface area contributed by atoms with E-state index in [9.17, 15) is 4.79 Å². The van der Waals surface area contributed by atoms with Gasteiger partial charge >= 0.3 is 0 Å². The minimum atomic E-state index is -0.184. The average molecular weight is 342 g/mol. The molecule has 3 heteroatoms. The minimum Gasteiger partial charge on any atom is -0.381 e. The van der Waals surface area contributed by atoms with E-state index in [1.165, 1.54) is 22.3 Å². The van der Waals surface area contributed by atoms with Crippen molar-refractivity contribution in [3.63, 3.8) is 0 Å². The van der Waals surface area contributed by atoms with Gasteiger partial charge in [0.05, 0.1) is 0 Å². The Morgan fingerprint density at radius 3 is 2.15 bits per heavy atom. The van der Waals surface area contributed by atoms with Crippen LogP contribution in [0.4, 0.5) is 5.69 Å². The first-order valence-electron chi connectivity index (χ1n) is 8.98. The molecule has 3 N–H and O–H groups in total. The van der Waals surface area contributed by atoms with Gasteiger partial charge in [-0.3, -0.25) is 4.79 Å². The third-order valence-electron chi connectivity index (χ3n) is 5.05. The predicted octanol–water partition coefficient (Wildman–Crippen LogP) is 4.55. The van der Waals surface area contributed by atoms with Gasteiger partial charge in [0, 0.05) is 18.2 Å². The number of benzene rings is 3. The highest BCUT2D eigenvalue weighted by molar-refractivity contribution is 5.81. The van der Waals surface area contributed by atoms with Gasteiger partial charge < -0.3 is 11.1 Å². The van der Waals surface area contributed by atoms with Gasteiger partial charge in [0.25, 0.3) is 0 Å². The van der Waals surface area contributed by atoms with Gasteiger partial charge in [-0.2, -0.15) is 0 Å². The topological polar surface area (TPSA) is 55.1 Å². The molecule has 3 aromatic carbocycles. The summed E-state index contributed by atoms with van der Waals surface area (Å²) in [5, 5.41) is 3.45. The first-order valence-corrected chi connectivity index (χ1v) is 8.98. The molecule has 0 saturated heterocycles. The van der Waals surface area contributed by atoms with Crippen LogP contribution in [0.25, 0.3) is 11.1 Å². The van der Waals surface area contributed by atoms with Crippen LogP contribution in [0.5, 0.6) is 0 Å². The highest BCUT2D eigenvalue weighted by Crippen LogP contribution is 2.47. The number of primary amides is 1. The van der Waals surface area contributed by atoms with Crippen molar-refractivity contribution in [2.24, 2.45) is 11.7 Å². The molecule has 1 fully saturated rings. The number of nitrogens with one attached hydrogen (secondary N) is 1. The highest BCUT2D eigenvalue weighted by atomic mass is 16.1. The Morgan fingerprint density at radius 2 is 1.54 bits per heavy atom. The smallest absolute Gasteiger partial charge is 0.221 e. The monoisotopic (exact) mass is 342 g/mol. The maximum atomic E-state index is 11.2. The molecule has 0 radical (unpaired) electrons. The number of carbonyl (C=O) groups excluding carboxylic acids is 1. The van der Waals surface area contributed by atoms with E-state index in [2.05, 4.69) is 78.1 Å². The van der Waals surface area contributed by atoms with Gasteiger partial charge in [-0.25, -0.2) is 0 Å². The van der Waals surface area contributed by atoms with Crippen molar-refractivity contribution in [2.75, 3.05) is 5.32 Å².